The van der Waals surface area contributed by atoms with E-state index in [0.29, 0.717) is 22.5 Å². The van der Waals surface area contributed by atoms with Crippen molar-refractivity contribution in [2.24, 2.45) is 0 Å². The number of esters is 1. The molecule has 3 rings (SSSR count). The molecule has 0 unspecified atom stereocenters. The van der Waals surface area contributed by atoms with E-state index in [1.807, 2.05) is 0 Å². The summed E-state index contributed by atoms with van der Waals surface area (Å²) in [5, 5.41) is 2.74. The van der Waals surface area contributed by atoms with Gasteiger partial charge in [-0.15, -0.1) is 0 Å². The smallest absolute Gasteiger partial charge is 0.338 e. The molecule has 1 N–H and O–H groups in total. The van der Waals surface area contributed by atoms with Crippen molar-refractivity contribution in [2.45, 2.75) is 13.5 Å². The molecular weight excluding hydrogens is 447 g/mol. The van der Waals surface area contributed by atoms with Crippen LogP contribution in [-0.2, 0) is 21.3 Å². The average molecular weight is 471 g/mol. The summed E-state index contributed by atoms with van der Waals surface area (Å²) in [5.74, 6) is -1.46. The number of sulfonamides is 1. The Kier molecular flexibility index (Phi) is 7.13. The van der Waals surface area contributed by atoms with Crippen LogP contribution in [0.1, 0.15) is 31.8 Å². The van der Waals surface area contributed by atoms with Crippen LogP contribution in [0.3, 0.4) is 0 Å². The maximum absolute atomic E-state index is 14.1. The summed E-state index contributed by atoms with van der Waals surface area (Å²) < 4.78 is 44.6. The SMILES string of the molecule is COC(=O)c1cccc(NC(=O)c2ccc(N(Cc3ccccc3F)S(C)(=O)=O)cc2)c1C. The molecule has 172 valence electrons. The second kappa shape index (κ2) is 9.83. The Hall–Kier alpha value is -3.72. The highest BCUT2D eigenvalue weighted by atomic mass is 32.2. The topological polar surface area (TPSA) is 92.8 Å². The van der Waals surface area contributed by atoms with E-state index in [0.717, 1.165) is 10.6 Å². The lowest BCUT2D eigenvalue weighted by Crippen LogP contribution is -2.29. The van der Waals surface area contributed by atoms with Crippen LogP contribution in [0.5, 0.6) is 0 Å². The first kappa shape index (κ1) is 23.9. The van der Waals surface area contributed by atoms with Crippen molar-refractivity contribution < 1.29 is 27.1 Å². The zero-order valence-corrected chi connectivity index (χ0v) is 19.1. The number of rotatable bonds is 7. The van der Waals surface area contributed by atoms with Gasteiger partial charge in [-0.1, -0.05) is 24.3 Å². The van der Waals surface area contributed by atoms with E-state index in [4.69, 9.17) is 4.74 Å². The number of carbonyl (C=O) groups is 2. The Balaban J connectivity index is 1.83. The molecule has 33 heavy (non-hydrogen) atoms. The Bertz CT molecular complexity index is 1290. The third-order valence-corrected chi connectivity index (χ3v) is 6.22. The summed E-state index contributed by atoms with van der Waals surface area (Å²) in [4.78, 5) is 24.6. The molecule has 3 aromatic carbocycles. The van der Waals surface area contributed by atoms with Gasteiger partial charge < -0.3 is 10.1 Å². The average Bonchev–Trinajstić information content (AvgIpc) is 2.78. The van der Waals surface area contributed by atoms with Crippen molar-refractivity contribution in [3.05, 3.63) is 94.8 Å². The molecule has 7 nitrogen and oxygen atoms in total. The lowest BCUT2D eigenvalue weighted by atomic mass is 10.1. The van der Waals surface area contributed by atoms with Crippen molar-refractivity contribution in [1.29, 1.82) is 0 Å². The van der Waals surface area contributed by atoms with E-state index in [2.05, 4.69) is 5.32 Å². The number of benzene rings is 3. The van der Waals surface area contributed by atoms with Crippen molar-refractivity contribution in [3.63, 3.8) is 0 Å². The summed E-state index contributed by atoms with van der Waals surface area (Å²) >= 11 is 0. The number of halogens is 1. The summed E-state index contributed by atoms with van der Waals surface area (Å²) in [6.07, 6.45) is 1.03. The fourth-order valence-corrected chi connectivity index (χ4v) is 4.14. The second-order valence-corrected chi connectivity index (χ2v) is 9.24. The van der Waals surface area contributed by atoms with Crippen LogP contribution < -0.4 is 9.62 Å². The van der Waals surface area contributed by atoms with Crippen molar-refractivity contribution >= 4 is 33.3 Å². The highest BCUT2D eigenvalue weighted by Gasteiger charge is 2.20. The zero-order valence-electron chi connectivity index (χ0n) is 18.3. The van der Waals surface area contributed by atoms with Gasteiger partial charge in [-0.25, -0.2) is 17.6 Å². The molecule has 0 spiro atoms. The number of amides is 1. The lowest BCUT2D eigenvalue weighted by Gasteiger charge is -2.23. The van der Waals surface area contributed by atoms with Crippen LogP contribution in [0.25, 0.3) is 0 Å². The fourth-order valence-electron chi connectivity index (χ4n) is 3.26. The number of carbonyl (C=O) groups excluding carboxylic acids is 2. The van der Waals surface area contributed by atoms with Gasteiger partial charge in [0.1, 0.15) is 5.82 Å². The monoisotopic (exact) mass is 470 g/mol. The summed E-state index contributed by atoms with van der Waals surface area (Å²) in [7, 11) is -2.44. The van der Waals surface area contributed by atoms with E-state index >= 15 is 0 Å². The molecule has 0 aliphatic heterocycles. The number of ether oxygens (including phenoxy) is 1. The largest absolute Gasteiger partial charge is 0.465 e. The van der Waals surface area contributed by atoms with Crippen molar-refractivity contribution in [1.82, 2.24) is 0 Å². The van der Waals surface area contributed by atoms with Gasteiger partial charge in [0.05, 0.1) is 31.2 Å². The van der Waals surface area contributed by atoms with E-state index in [1.165, 1.54) is 49.6 Å². The number of nitrogens with zero attached hydrogens (tertiary/aromatic N) is 1. The third-order valence-electron chi connectivity index (χ3n) is 5.08. The van der Waals surface area contributed by atoms with E-state index in [9.17, 15) is 22.4 Å². The maximum Gasteiger partial charge on any atom is 0.338 e. The predicted octanol–water partition coefficient (Wildman–Crippen LogP) is 4.14. The number of nitrogens with one attached hydrogen (secondary N) is 1. The molecule has 0 heterocycles. The van der Waals surface area contributed by atoms with Crippen molar-refractivity contribution in [2.75, 3.05) is 23.0 Å². The molecular formula is C24H23FN2O5S. The minimum absolute atomic E-state index is 0.184. The minimum Gasteiger partial charge on any atom is -0.465 e. The number of methoxy groups -OCH3 is 1. The molecule has 0 bridgehead atoms. The van der Waals surface area contributed by atoms with Crippen LogP contribution in [0.2, 0.25) is 0 Å². The first-order valence-electron chi connectivity index (χ1n) is 9.92. The van der Waals surface area contributed by atoms with Gasteiger partial charge in [-0.3, -0.25) is 9.10 Å². The van der Waals surface area contributed by atoms with Crippen LogP contribution in [0.4, 0.5) is 15.8 Å². The molecule has 0 aliphatic rings. The molecule has 0 aromatic heterocycles. The molecule has 9 heteroatoms. The van der Waals surface area contributed by atoms with Crippen LogP contribution >= 0.6 is 0 Å². The van der Waals surface area contributed by atoms with E-state index < -0.39 is 27.7 Å². The second-order valence-electron chi connectivity index (χ2n) is 7.33. The van der Waals surface area contributed by atoms with Gasteiger partial charge in [-0.05, 0) is 55.0 Å². The molecule has 0 atom stereocenters. The molecule has 3 aromatic rings. The quantitative estimate of drug-likeness (QED) is 0.524. The normalized spacial score (nSPS) is 11.0. The molecule has 0 aliphatic carbocycles. The number of anilines is 2. The summed E-state index contributed by atoms with van der Waals surface area (Å²) in [6, 6.07) is 16.7. The highest BCUT2D eigenvalue weighted by Crippen LogP contribution is 2.24. The van der Waals surface area contributed by atoms with Crippen LogP contribution in [-0.4, -0.2) is 33.7 Å². The molecule has 0 fully saturated rings. The summed E-state index contributed by atoms with van der Waals surface area (Å²) in [5.41, 5.74) is 2.14. The Morgan fingerprint density at radius 2 is 1.67 bits per heavy atom. The van der Waals surface area contributed by atoms with Gasteiger partial charge in [-0.2, -0.15) is 0 Å². The zero-order chi connectivity index (χ0) is 24.2. The number of hydrogen-bond donors (Lipinski definition) is 1. The van der Waals surface area contributed by atoms with Crippen LogP contribution in [0, 0.1) is 12.7 Å². The fraction of sp³-hybridized carbons (Fsp3) is 0.167. The Morgan fingerprint density at radius 1 is 1.00 bits per heavy atom. The van der Waals surface area contributed by atoms with Gasteiger partial charge in [0, 0.05) is 16.8 Å². The Morgan fingerprint density at radius 3 is 2.27 bits per heavy atom. The van der Waals surface area contributed by atoms with Gasteiger partial charge in [0.15, 0.2) is 0 Å². The maximum atomic E-state index is 14.1. The highest BCUT2D eigenvalue weighted by molar-refractivity contribution is 7.92. The Labute approximate surface area is 191 Å². The first-order chi connectivity index (χ1) is 15.6. The van der Waals surface area contributed by atoms with Gasteiger partial charge >= 0.3 is 5.97 Å². The van der Waals surface area contributed by atoms with Gasteiger partial charge in [0.25, 0.3) is 5.91 Å². The van der Waals surface area contributed by atoms with E-state index in [-0.39, 0.29) is 17.7 Å². The molecule has 0 saturated carbocycles. The van der Waals surface area contributed by atoms with Crippen molar-refractivity contribution in [3.8, 4) is 0 Å². The first-order valence-corrected chi connectivity index (χ1v) is 11.8. The van der Waals surface area contributed by atoms with Gasteiger partial charge in [0.2, 0.25) is 10.0 Å². The number of hydrogen-bond acceptors (Lipinski definition) is 5. The predicted molar refractivity (Wildman–Crippen MR) is 124 cm³/mol. The third kappa shape index (κ3) is 5.56. The molecule has 0 saturated heterocycles. The molecule has 0 radical (unpaired) electrons. The standard InChI is InChI=1S/C24H23FN2O5S/c1-16-20(24(29)32-2)8-6-10-22(16)26-23(28)17-11-13-19(14-12-17)27(33(3,30)31)15-18-7-4-5-9-21(18)25/h4-14H,15H2,1-3H3,(H,26,28). The molecule has 1 amide bonds. The summed E-state index contributed by atoms with van der Waals surface area (Å²) in [6.45, 7) is 1.51. The van der Waals surface area contributed by atoms with E-state index in [1.54, 1.807) is 31.2 Å². The van der Waals surface area contributed by atoms with Crippen LogP contribution in [0.15, 0.2) is 66.7 Å². The lowest BCUT2D eigenvalue weighted by molar-refractivity contribution is 0.0599. The minimum atomic E-state index is -3.71.